The topological polar surface area (TPSA) is 27.6 Å². The predicted molar refractivity (Wildman–Crippen MR) is 73.5 cm³/mol. The number of nitrogens with zero attached hydrogens (tertiary/aromatic N) is 2. The molecule has 3 heteroatoms. The first-order valence-electron chi connectivity index (χ1n) is 6.57. The number of hydrogen-bond acceptors (Lipinski definition) is 3. The molecule has 0 amide bonds. The Hall–Kier alpha value is -0.410. The first-order valence-corrected chi connectivity index (χ1v) is 6.57. The van der Waals surface area contributed by atoms with Gasteiger partial charge in [-0.25, -0.2) is 0 Å². The summed E-state index contributed by atoms with van der Waals surface area (Å²) in [5.74, 6) is 0. The lowest BCUT2D eigenvalue weighted by molar-refractivity contribution is 0.420. The van der Waals surface area contributed by atoms with Crippen LogP contribution in [0.4, 0.5) is 0 Å². The third kappa shape index (κ3) is 10.1. The van der Waals surface area contributed by atoms with Gasteiger partial charge in [0.2, 0.25) is 0 Å². The van der Waals surface area contributed by atoms with Crippen LogP contribution in [0.1, 0.15) is 39.5 Å². The zero-order chi connectivity index (χ0) is 12.2. The van der Waals surface area contributed by atoms with E-state index in [1.165, 1.54) is 19.3 Å². The average molecular weight is 227 g/mol. The van der Waals surface area contributed by atoms with E-state index in [9.17, 15) is 0 Å². The number of rotatable bonds is 10. The molecule has 96 valence electrons. The van der Waals surface area contributed by atoms with Crippen LogP contribution in [0.15, 0.2) is 4.99 Å². The van der Waals surface area contributed by atoms with Gasteiger partial charge in [0.1, 0.15) is 0 Å². The highest BCUT2D eigenvalue weighted by molar-refractivity contribution is 5.58. The van der Waals surface area contributed by atoms with Crippen molar-refractivity contribution in [3.63, 3.8) is 0 Å². The fourth-order valence-corrected chi connectivity index (χ4v) is 1.43. The molecule has 1 N–H and O–H groups in total. The number of unbranched alkanes of at least 4 members (excludes halogenated alkanes) is 1. The van der Waals surface area contributed by atoms with Gasteiger partial charge in [-0.2, -0.15) is 0 Å². The highest BCUT2D eigenvalue weighted by Crippen LogP contribution is 1.96. The first kappa shape index (κ1) is 15.6. The molecule has 1 unspecified atom stereocenters. The van der Waals surface area contributed by atoms with Gasteiger partial charge in [0.25, 0.3) is 0 Å². The Kier molecular flexibility index (Phi) is 10.8. The Morgan fingerprint density at radius 2 is 2.06 bits per heavy atom. The molecule has 0 aromatic carbocycles. The van der Waals surface area contributed by atoms with Crippen molar-refractivity contribution in [2.75, 3.05) is 33.7 Å². The van der Waals surface area contributed by atoms with Gasteiger partial charge in [0, 0.05) is 18.8 Å². The molecule has 0 radical (unpaired) electrons. The van der Waals surface area contributed by atoms with E-state index in [0.717, 1.165) is 26.1 Å². The van der Waals surface area contributed by atoms with E-state index in [1.807, 2.05) is 0 Å². The molecule has 0 aliphatic rings. The van der Waals surface area contributed by atoms with Crippen LogP contribution >= 0.6 is 0 Å². The molecular formula is C13H29N3. The van der Waals surface area contributed by atoms with Crippen LogP contribution in [-0.2, 0) is 0 Å². The highest BCUT2D eigenvalue weighted by atomic mass is 15.1. The van der Waals surface area contributed by atoms with Crippen molar-refractivity contribution in [3.05, 3.63) is 0 Å². The molecular weight excluding hydrogens is 198 g/mol. The van der Waals surface area contributed by atoms with Crippen molar-refractivity contribution in [3.8, 4) is 0 Å². The molecule has 16 heavy (non-hydrogen) atoms. The first-order chi connectivity index (χ1) is 7.70. The maximum Gasteiger partial charge on any atom is 0.0512 e. The Balaban J connectivity index is 3.53. The van der Waals surface area contributed by atoms with E-state index in [2.05, 4.69) is 49.4 Å². The van der Waals surface area contributed by atoms with Crippen molar-refractivity contribution in [2.24, 2.45) is 4.99 Å². The lowest BCUT2D eigenvalue weighted by Crippen LogP contribution is -2.29. The SMILES string of the molecule is CCCCNC(CC)C/C=N/CCN(C)C. The molecule has 0 aliphatic heterocycles. The molecule has 0 saturated carbocycles. The number of hydrogen-bond donors (Lipinski definition) is 1. The van der Waals surface area contributed by atoms with E-state index < -0.39 is 0 Å². The smallest absolute Gasteiger partial charge is 0.0512 e. The minimum Gasteiger partial charge on any atom is -0.314 e. The molecule has 0 aromatic rings. The van der Waals surface area contributed by atoms with Crippen molar-refractivity contribution < 1.29 is 0 Å². The maximum atomic E-state index is 4.42. The van der Waals surface area contributed by atoms with Crippen LogP contribution < -0.4 is 5.32 Å². The summed E-state index contributed by atoms with van der Waals surface area (Å²) in [6, 6.07) is 0.606. The van der Waals surface area contributed by atoms with Gasteiger partial charge >= 0.3 is 0 Å². The van der Waals surface area contributed by atoms with Crippen LogP contribution in [0.5, 0.6) is 0 Å². The van der Waals surface area contributed by atoms with Gasteiger partial charge in [-0.15, -0.1) is 0 Å². The van der Waals surface area contributed by atoms with Gasteiger partial charge in [-0.3, -0.25) is 4.99 Å². The van der Waals surface area contributed by atoms with Crippen molar-refractivity contribution >= 4 is 6.21 Å². The summed E-state index contributed by atoms with van der Waals surface area (Å²) in [6.07, 6.45) is 6.86. The van der Waals surface area contributed by atoms with Gasteiger partial charge in [-0.1, -0.05) is 20.3 Å². The summed E-state index contributed by atoms with van der Waals surface area (Å²) in [5, 5.41) is 3.57. The van der Waals surface area contributed by atoms with Crippen LogP contribution in [0.3, 0.4) is 0 Å². The third-order valence-corrected chi connectivity index (χ3v) is 2.65. The van der Waals surface area contributed by atoms with Crippen LogP contribution in [-0.4, -0.2) is 50.9 Å². The Labute approximate surface area is 101 Å². The van der Waals surface area contributed by atoms with Crippen molar-refractivity contribution in [2.45, 2.75) is 45.6 Å². The summed E-state index contributed by atoms with van der Waals surface area (Å²) in [5.41, 5.74) is 0. The summed E-state index contributed by atoms with van der Waals surface area (Å²) in [6.45, 7) is 7.55. The molecule has 0 spiro atoms. The molecule has 0 fully saturated rings. The Morgan fingerprint density at radius 3 is 2.62 bits per heavy atom. The fourth-order valence-electron chi connectivity index (χ4n) is 1.43. The highest BCUT2D eigenvalue weighted by Gasteiger charge is 2.01. The van der Waals surface area contributed by atoms with Crippen LogP contribution in [0, 0.1) is 0 Å². The zero-order valence-corrected chi connectivity index (χ0v) is 11.5. The third-order valence-electron chi connectivity index (χ3n) is 2.65. The van der Waals surface area contributed by atoms with E-state index in [-0.39, 0.29) is 0 Å². The van der Waals surface area contributed by atoms with E-state index in [0.29, 0.717) is 6.04 Å². The van der Waals surface area contributed by atoms with Gasteiger partial charge < -0.3 is 10.2 Å². The maximum absolute atomic E-state index is 4.42. The van der Waals surface area contributed by atoms with Gasteiger partial charge in [0.05, 0.1) is 6.54 Å². The fraction of sp³-hybridized carbons (Fsp3) is 0.923. The lowest BCUT2D eigenvalue weighted by Gasteiger charge is -2.14. The summed E-state index contributed by atoms with van der Waals surface area (Å²) >= 11 is 0. The molecule has 1 atom stereocenters. The van der Waals surface area contributed by atoms with Gasteiger partial charge in [-0.05, 0) is 39.9 Å². The predicted octanol–water partition coefficient (Wildman–Crippen LogP) is 2.18. The van der Waals surface area contributed by atoms with E-state index in [1.54, 1.807) is 0 Å². The van der Waals surface area contributed by atoms with Crippen LogP contribution in [0.25, 0.3) is 0 Å². The molecule has 0 aliphatic carbocycles. The summed E-state index contributed by atoms with van der Waals surface area (Å²) in [4.78, 5) is 6.58. The summed E-state index contributed by atoms with van der Waals surface area (Å²) in [7, 11) is 4.16. The summed E-state index contributed by atoms with van der Waals surface area (Å²) < 4.78 is 0. The molecule has 3 nitrogen and oxygen atoms in total. The molecule has 0 rings (SSSR count). The van der Waals surface area contributed by atoms with Crippen LogP contribution in [0.2, 0.25) is 0 Å². The van der Waals surface area contributed by atoms with Gasteiger partial charge in [0.15, 0.2) is 0 Å². The zero-order valence-electron chi connectivity index (χ0n) is 11.5. The Bertz CT molecular complexity index is 167. The van der Waals surface area contributed by atoms with Crippen molar-refractivity contribution in [1.82, 2.24) is 10.2 Å². The number of nitrogens with one attached hydrogen (secondary N) is 1. The number of aliphatic imine (C=N–C) groups is 1. The monoisotopic (exact) mass is 227 g/mol. The molecule has 0 bridgehead atoms. The Morgan fingerprint density at radius 1 is 1.31 bits per heavy atom. The molecule has 0 heterocycles. The number of likely N-dealkylation sites (N-methyl/N-ethyl adjacent to an activating group) is 1. The lowest BCUT2D eigenvalue weighted by atomic mass is 10.1. The van der Waals surface area contributed by atoms with E-state index in [4.69, 9.17) is 0 Å². The quantitative estimate of drug-likeness (QED) is 0.457. The second-order valence-electron chi connectivity index (χ2n) is 4.54. The molecule has 0 aromatic heterocycles. The minimum absolute atomic E-state index is 0.606. The van der Waals surface area contributed by atoms with E-state index >= 15 is 0 Å². The standard InChI is InChI=1S/C13H29N3/c1-5-7-9-15-13(6-2)8-10-14-11-12-16(3)4/h10,13,15H,5-9,11-12H2,1-4H3/b14-10+. The average Bonchev–Trinajstić information content (AvgIpc) is 2.26. The van der Waals surface area contributed by atoms with Crippen molar-refractivity contribution in [1.29, 1.82) is 0 Å². The largest absolute Gasteiger partial charge is 0.314 e. The normalized spacial score (nSPS) is 13.8. The second-order valence-corrected chi connectivity index (χ2v) is 4.54. The second kappa shape index (κ2) is 11.1. The molecule has 0 saturated heterocycles. The minimum atomic E-state index is 0.606.